The van der Waals surface area contributed by atoms with Crippen molar-refractivity contribution < 1.29 is 20.0 Å². The van der Waals surface area contributed by atoms with Crippen molar-refractivity contribution in [1.82, 2.24) is 0 Å². The van der Waals surface area contributed by atoms with E-state index in [-0.39, 0.29) is 18.1 Å². The Hall–Kier alpha value is -0.160. The molecule has 0 bridgehead atoms. The van der Waals surface area contributed by atoms with E-state index in [0.29, 0.717) is 0 Å². The summed E-state index contributed by atoms with van der Waals surface area (Å²) in [5.74, 6) is 0.237. The van der Waals surface area contributed by atoms with Crippen molar-refractivity contribution in [2.75, 3.05) is 6.61 Å². The second-order valence-corrected chi connectivity index (χ2v) is 4.53. The Balaban J connectivity index is 2.61. The van der Waals surface area contributed by atoms with E-state index in [1.807, 2.05) is 20.8 Å². The lowest BCUT2D eigenvalue weighted by atomic mass is 9.84. The molecule has 0 radical (unpaired) electrons. The fourth-order valence-corrected chi connectivity index (χ4v) is 1.90. The lowest BCUT2D eigenvalue weighted by Crippen LogP contribution is -2.47. The number of aliphatic hydroxyl groups is 2. The first-order valence-electron chi connectivity index (χ1n) is 5.13. The summed E-state index contributed by atoms with van der Waals surface area (Å²) in [5, 5.41) is 18.3. The molecule has 1 heterocycles. The Kier molecular flexibility index (Phi) is 3.89. The molecule has 0 aliphatic carbocycles. The molecule has 0 aromatic carbocycles. The largest absolute Gasteiger partial charge is 0.394 e. The molecule has 3 atom stereocenters. The molecule has 1 saturated heterocycles. The lowest BCUT2D eigenvalue weighted by molar-refractivity contribution is -0.424. The third kappa shape index (κ3) is 2.67. The molecule has 0 aromatic heterocycles. The van der Waals surface area contributed by atoms with Crippen molar-refractivity contribution in [3.63, 3.8) is 0 Å². The van der Waals surface area contributed by atoms with E-state index in [1.54, 1.807) is 0 Å². The molecule has 1 aliphatic heterocycles. The van der Waals surface area contributed by atoms with Gasteiger partial charge < -0.3 is 10.2 Å². The summed E-state index contributed by atoms with van der Waals surface area (Å²) in [6.07, 6.45) is 0.494. The molecule has 1 aliphatic rings. The van der Waals surface area contributed by atoms with E-state index in [9.17, 15) is 5.11 Å². The van der Waals surface area contributed by atoms with Crippen LogP contribution in [0.25, 0.3) is 0 Å². The zero-order valence-electron chi connectivity index (χ0n) is 9.06. The number of rotatable bonds is 3. The fraction of sp³-hybridized carbons (Fsp3) is 1.00. The maximum absolute atomic E-state index is 9.50. The highest BCUT2D eigenvalue weighted by Crippen LogP contribution is 2.33. The summed E-state index contributed by atoms with van der Waals surface area (Å²) in [5.41, 5.74) is -0.299. The molecule has 84 valence electrons. The van der Waals surface area contributed by atoms with Gasteiger partial charge in [0.1, 0.15) is 12.2 Å². The Bertz CT molecular complexity index is 181. The summed E-state index contributed by atoms with van der Waals surface area (Å²) in [7, 11) is 0. The van der Waals surface area contributed by atoms with Gasteiger partial charge in [0, 0.05) is 0 Å². The molecular weight excluding hydrogens is 184 g/mol. The first-order valence-corrected chi connectivity index (χ1v) is 5.13. The SMILES string of the molecule is CC[C@@H]1CC(C)(C)OO[C@@H]1[C@H](O)CO. The molecule has 0 amide bonds. The second-order valence-electron chi connectivity index (χ2n) is 4.53. The van der Waals surface area contributed by atoms with Gasteiger partial charge in [0.15, 0.2) is 0 Å². The van der Waals surface area contributed by atoms with Crippen molar-refractivity contribution in [3.8, 4) is 0 Å². The number of hydrogen-bond donors (Lipinski definition) is 2. The molecule has 0 spiro atoms. The Morgan fingerprint density at radius 1 is 1.50 bits per heavy atom. The van der Waals surface area contributed by atoms with Gasteiger partial charge in [0.2, 0.25) is 0 Å². The van der Waals surface area contributed by atoms with Gasteiger partial charge in [-0.3, -0.25) is 0 Å². The van der Waals surface area contributed by atoms with Gasteiger partial charge in [-0.2, -0.15) is 0 Å². The van der Waals surface area contributed by atoms with E-state index in [1.165, 1.54) is 0 Å². The minimum absolute atomic E-state index is 0.237. The van der Waals surface area contributed by atoms with Crippen LogP contribution in [0.4, 0.5) is 0 Å². The summed E-state index contributed by atoms with van der Waals surface area (Å²) >= 11 is 0. The monoisotopic (exact) mass is 204 g/mol. The predicted octanol–water partition coefficient (Wildman–Crippen LogP) is 0.865. The minimum atomic E-state index is -0.851. The standard InChI is InChI=1S/C10H20O4/c1-4-7-5-10(2,3)14-13-9(7)8(12)6-11/h7-9,11-12H,4-6H2,1-3H3/t7-,8-,9+/m1/s1. The summed E-state index contributed by atoms with van der Waals surface area (Å²) in [6.45, 7) is 5.67. The van der Waals surface area contributed by atoms with Crippen molar-refractivity contribution in [2.45, 2.75) is 51.4 Å². The van der Waals surface area contributed by atoms with Gasteiger partial charge >= 0.3 is 0 Å². The number of hydrogen-bond acceptors (Lipinski definition) is 4. The van der Waals surface area contributed by atoms with Crippen LogP contribution in [0.2, 0.25) is 0 Å². The highest BCUT2D eigenvalue weighted by atomic mass is 17.2. The van der Waals surface area contributed by atoms with Gasteiger partial charge in [-0.1, -0.05) is 13.3 Å². The van der Waals surface area contributed by atoms with Crippen LogP contribution in [-0.2, 0) is 9.78 Å². The molecule has 1 rings (SSSR count). The van der Waals surface area contributed by atoms with Crippen LogP contribution < -0.4 is 0 Å². The molecular formula is C10H20O4. The van der Waals surface area contributed by atoms with E-state index < -0.39 is 12.2 Å². The second kappa shape index (κ2) is 4.57. The van der Waals surface area contributed by atoms with Crippen LogP contribution in [0.15, 0.2) is 0 Å². The molecule has 14 heavy (non-hydrogen) atoms. The summed E-state index contributed by atoms with van der Waals surface area (Å²) in [6, 6.07) is 0. The van der Waals surface area contributed by atoms with Gasteiger partial charge in [-0.25, -0.2) is 9.78 Å². The molecule has 2 N–H and O–H groups in total. The molecule has 1 fully saturated rings. The minimum Gasteiger partial charge on any atom is -0.394 e. The van der Waals surface area contributed by atoms with Crippen molar-refractivity contribution >= 4 is 0 Å². The average molecular weight is 204 g/mol. The van der Waals surface area contributed by atoms with Gasteiger partial charge in [0.05, 0.1) is 12.2 Å². The third-order valence-corrected chi connectivity index (χ3v) is 2.69. The predicted molar refractivity (Wildman–Crippen MR) is 51.5 cm³/mol. The lowest BCUT2D eigenvalue weighted by Gasteiger charge is -2.40. The van der Waals surface area contributed by atoms with Crippen LogP contribution in [0.5, 0.6) is 0 Å². The maximum atomic E-state index is 9.50. The normalized spacial score (nSPS) is 34.1. The summed E-state index contributed by atoms with van der Waals surface area (Å²) in [4.78, 5) is 10.3. The first kappa shape index (κ1) is 11.9. The van der Waals surface area contributed by atoms with Crippen LogP contribution in [0.3, 0.4) is 0 Å². The molecule has 0 saturated carbocycles. The zero-order valence-corrected chi connectivity index (χ0v) is 9.06. The van der Waals surface area contributed by atoms with E-state index in [4.69, 9.17) is 14.9 Å². The van der Waals surface area contributed by atoms with E-state index in [0.717, 1.165) is 12.8 Å². The highest BCUT2D eigenvalue weighted by Gasteiger charge is 2.39. The quantitative estimate of drug-likeness (QED) is 0.670. The van der Waals surface area contributed by atoms with Gasteiger partial charge in [-0.15, -0.1) is 0 Å². The Labute approximate surface area is 84.8 Å². The Morgan fingerprint density at radius 3 is 2.64 bits per heavy atom. The van der Waals surface area contributed by atoms with Crippen LogP contribution in [-0.4, -0.2) is 34.6 Å². The summed E-state index contributed by atoms with van der Waals surface area (Å²) < 4.78 is 0. The van der Waals surface area contributed by atoms with Crippen molar-refractivity contribution in [3.05, 3.63) is 0 Å². The third-order valence-electron chi connectivity index (χ3n) is 2.69. The molecule has 0 aromatic rings. The van der Waals surface area contributed by atoms with Crippen molar-refractivity contribution in [1.29, 1.82) is 0 Å². The topological polar surface area (TPSA) is 58.9 Å². The first-order chi connectivity index (χ1) is 6.50. The van der Waals surface area contributed by atoms with E-state index >= 15 is 0 Å². The van der Waals surface area contributed by atoms with Crippen molar-refractivity contribution in [2.24, 2.45) is 5.92 Å². The van der Waals surface area contributed by atoms with Gasteiger partial charge in [-0.05, 0) is 26.2 Å². The fourth-order valence-electron chi connectivity index (χ4n) is 1.90. The number of aliphatic hydroxyl groups excluding tert-OH is 2. The Morgan fingerprint density at radius 2 is 2.14 bits per heavy atom. The van der Waals surface area contributed by atoms with Crippen LogP contribution in [0.1, 0.15) is 33.6 Å². The smallest absolute Gasteiger partial charge is 0.124 e. The average Bonchev–Trinajstić information content (AvgIpc) is 2.15. The zero-order chi connectivity index (χ0) is 10.8. The maximum Gasteiger partial charge on any atom is 0.124 e. The molecule has 4 nitrogen and oxygen atoms in total. The highest BCUT2D eigenvalue weighted by molar-refractivity contribution is 4.84. The van der Waals surface area contributed by atoms with Crippen LogP contribution in [0, 0.1) is 5.92 Å². The van der Waals surface area contributed by atoms with E-state index in [2.05, 4.69) is 0 Å². The van der Waals surface area contributed by atoms with Gasteiger partial charge in [0.25, 0.3) is 0 Å². The molecule has 0 unspecified atom stereocenters. The van der Waals surface area contributed by atoms with Crippen LogP contribution >= 0.6 is 0 Å². The molecule has 4 heteroatoms.